The van der Waals surface area contributed by atoms with Crippen LogP contribution in [0.1, 0.15) is 40.1 Å². The lowest BCUT2D eigenvalue weighted by Crippen LogP contribution is -2.49. The summed E-state index contributed by atoms with van der Waals surface area (Å²) in [4.78, 5) is 42.1. The van der Waals surface area contributed by atoms with Crippen molar-refractivity contribution in [2.45, 2.75) is 32.5 Å². The number of benzene rings is 4. The van der Waals surface area contributed by atoms with Crippen molar-refractivity contribution in [2.24, 2.45) is 5.92 Å². The van der Waals surface area contributed by atoms with Gasteiger partial charge >= 0.3 is 12.0 Å². The number of anilines is 2. The van der Waals surface area contributed by atoms with E-state index in [2.05, 4.69) is 15.5 Å². The number of carbonyl (C=O) groups is 3. The van der Waals surface area contributed by atoms with E-state index in [1.54, 1.807) is 54.3 Å². The molecule has 3 amide bonds. The van der Waals surface area contributed by atoms with Crippen LogP contribution in [0.5, 0.6) is 5.75 Å². The van der Waals surface area contributed by atoms with E-state index < -0.39 is 24.1 Å². The van der Waals surface area contributed by atoms with Crippen LogP contribution in [0.2, 0.25) is 0 Å². The van der Waals surface area contributed by atoms with Gasteiger partial charge in [-0.05, 0) is 55.3 Å². The molecule has 234 valence electrons. The van der Waals surface area contributed by atoms with Crippen molar-refractivity contribution in [2.75, 3.05) is 37.4 Å². The minimum atomic E-state index is -0.975. The fourth-order valence-corrected chi connectivity index (χ4v) is 5.61. The van der Waals surface area contributed by atoms with Crippen LogP contribution in [0.25, 0.3) is 10.8 Å². The number of hydrogen-bond acceptors (Lipinski definition) is 6. The van der Waals surface area contributed by atoms with Gasteiger partial charge in [0.25, 0.3) is 5.91 Å². The highest BCUT2D eigenvalue weighted by atomic mass is 16.5. The highest BCUT2D eigenvalue weighted by Crippen LogP contribution is 2.35. The van der Waals surface area contributed by atoms with E-state index in [4.69, 9.17) is 4.74 Å². The number of aliphatic hydroxyl groups excluding tert-OH is 1. The molecule has 4 N–H and O–H groups in total. The topological polar surface area (TPSA) is 131 Å². The fourth-order valence-electron chi connectivity index (χ4n) is 5.61. The predicted octanol–water partition coefficient (Wildman–Crippen LogP) is 5.53. The number of nitrogens with one attached hydrogen (secondary N) is 2. The molecule has 0 radical (unpaired) electrons. The highest BCUT2D eigenvalue weighted by Gasteiger charge is 2.34. The molecule has 0 spiro atoms. The Morgan fingerprint density at radius 2 is 1.64 bits per heavy atom. The lowest BCUT2D eigenvalue weighted by Gasteiger charge is -2.38. The normalized spacial score (nSPS) is 17.2. The van der Waals surface area contributed by atoms with E-state index in [1.165, 1.54) is 0 Å². The van der Waals surface area contributed by atoms with Gasteiger partial charge in [-0.3, -0.25) is 9.69 Å². The van der Waals surface area contributed by atoms with Crippen LogP contribution in [0.15, 0.2) is 84.9 Å². The molecule has 0 fully saturated rings. The highest BCUT2D eigenvalue weighted by molar-refractivity contribution is 6.08. The first-order valence-corrected chi connectivity index (χ1v) is 14.9. The predicted molar refractivity (Wildman–Crippen MR) is 174 cm³/mol. The third-order valence-electron chi connectivity index (χ3n) is 8.12. The van der Waals surface area contributed by atoms with Gasteiger partial charge in [-0.15, -0.1) is 0 Å². The standard InChI is InChI=1S/C35H38N4O6/c1-22-18-39(23(2)21-40)33(41)28-11-7-13-30(37-35(44)36-29-12-6-9-25-8-4-5-10-27(25)29)32(28)45-31(22)20-38(3)19-24-14-16-26(17-15-24)34(42)43/h4-17,22-23,31,40H,18-21H2,1-3H3,(H,42,43)(H2,36,37,44)/t22-,23-,31-/m0/s1. The van der Waals surface area contributed by atoms with E-state index in [9.17, 15) is 24.6 Å². The molecule has 1 aliphatic heterocycles. The minimum absolute atomic E-state index is 0.134. The Labute approximate surface area is 262 Å². The largest absolute Gasteiger partial charge is 0.486 e. The number of aliphatic hydroxyl groups is 1. The first-order chi connectivity index (χ1) is 21.6. The zero-order valence-corrected chi connectivity index (χ0v) is 25.6. The van der Waals surface area contributed by atoms with Crippen LogP contribution in [0.3, 0.4) is 0 Å². The molecule has 3 atom stereocenters. The first kappa shape index (κ1) is 31.5. The van der Waals surface area contributed by atoms with Gasteiger partial charge in [0.15, 0.2) is 5.75 Å². The molecule has 45 heavy (non-hydrogen) atoms. The number of carboxylic acid groups (broad SMARTS) is 1. The van der Waals surface area contributed by atoms with Crippen LogP contribution in [0.4, 0.5) is 16.2 Å². The van der Waals surface area contributed by atoms with Crippen LogP contribution >= 0.6 is 0 Å². The fraction of sp³-hybridized carbons (Fsp3) is 0.286. The maximum Gasteiger partial charge on any atom is 0.335 e. The average molecular weight is 611 g/mol. The third-order valence-corrected chi connectivity index (χ3v) is 8.12. The van der Waals surface area contributed by atoms with Crippen molar-refractivity contribution < 1.29 is 29.3 Å². The molecule has 1 aliphatic rings. The first-order valence-electron chi connectivity index (χ1n) is 14.9. The Balaban J connectivity index is 1.42. The van der Waals surface area contributed by atoms with Crippen LogP contribution in [0, 0.1) is 5.92 Å². The number of ether oxygens (including phenoxy) is 1. The molecule has 0 saturated heterocycles. The number of nitrogens with zero attached hydrogens (tertiary/aromatic N) is 2. The summed E-state index contributed by atoms with van der Waals surface area (Å²) in [5.74, 6) is -1.13. The summed E-state index contributed by atoms with van der Waals surface area (Å²) < 4.78 is 6.62. The van der Waals surface area contributed by atoms with Gasteiger partial charge in [0.05, 0.1) is 35.2 Å². The summed E-state index contributed by atoms with van der Waals surface area (Å²) in [6.07, 6.45) is -0.391. The van der Waals surface area contributed by atoms with E-state index in [0.29, 0.717) is 36.6 Å². The third kappa shape index (κ3) is 7.25. The lowest BCUT2D eigenvalue weighted by atomic mass is 9.98. The number of hydrogen-bond donors (Lipinski definition) is 4. The molecule has 0 saturated carbocycles. The van der Waals surface area contributed by atoms with Crippen LogP contribution in [-0.2, 0) is 6.54 Å². The van der Waals surface area contributed by atoms with E-state index >= 15 is 0 Å². The second-order valence-corrected chi connectivity index (χ2v) is 11.6. The number of rotatable bonds is 9. The number of fused-ring (bicyclic) bond motifs is 2. The molecule has 4 aromatic carbocycles. The molecule has 1 heterocycles. The second-order valence-electron chi connectivity index (χ2n) is 11.6. The number of aromatic carboxylic acids is 1. The monoisotopic (exact) mass is 610 g/mol. The summed E-state index contributed by atoms with van der Waals surface area (Å²) in [5.41, 5.74) is 2.46. The maximum atomic E-state index is 13.8. The number of para-hydroxylation sites is 1. The van der Waals surface area contributed by atoms with Crippen molar-refractivity contribution in [1.29, 1.82) is 0 Å². The van der Waals surface area contributed by atoms with Crippen molar-refractivity contribution in [3.63, 3.8) is 0 Å². The van der Waals surface area contributed by atoms with E-state index in [-0.39, 0.29) is 29.7 Å². The zero-order valence-electron chi connectivity index (χ0n) is 25.6. The van der Waals surface area contributed by atoms with Crippen molar-refractivity contribution in [3.8, 4) is 5.75 Å². The maximum absolute atomic E-state index is 13.8. The summed E-state index contributed by atoms with van der Waals surface area (Å²) in [6.45, 7) is 4.99. The van der Waals surface area contributed by atoms with Gasteiger partial charge in [-0.1, -0.05) is 61.5 Å². The molecule has 0 bridgehead atoms. The number of carboxylic acids is 1. The van der Waals surface area contributed by atoms with Gasteiger partial charge < -0.3 is 30.5 Å². The van der Waals surface area contributed by atoms with Crippen LogP contribution in [-0.4, -0.2) is 76.8 Å². The molecule has 5 rings (SSSR count). The van der Waals surface area contributed by atoms with Gasteiger partial charge in [-0.2, -0.15) is 0 Å². The SMILES string of the molecule is C[C@H]1CN([C@@H](C)CO)C(=O)c2cccc(NC(=O)Nc3cccc4ccccc34)c2O[C@H]1CN(C)Cc1ccc(C(=O)O)cc1. The molecule has 10 heteroatoms. The van der Waals surface area contributed by atoms with Crippen molar-refractivity contribution >= 4 is 40.1 Å². The second kappa shape index (κ2) is 13.8. The summed E-state index contributed by atoms with van der Waals surface area (Å²) in [6, 6.07) is 24.3. The minimum Gasteiger partial charge on any atom is -0.486 e. The van der Waals surface area contributed by atoms with Crippen molar-refractivity contribution in [3.05, 3.63) is 102 Å². The van der Waals surface area contributed by atoms with E-state index in [1.807, 2.05) is 56.4 Å². The Morgan fingerprint density at radius 3 is 2.38 bits per heavy atom. The summed E-state index contributed by atoms with van der Waals surface area (Å²) in [7, 11) is 1.95. The molecular formula is C35H38N4O6. The Kier molecular flexibility index (Phi) is 9.65. The molecule has 10 nitrogen and oxygen atoms in total. The van der Waals surface area contributed by atoms with Gasteiger partial charge in [-0.25, -0.2) is 9.59 Å². The van der Waals surface area contributed by atoms with Gasteiger partial charge in [0.1, 0.15) is 6.10 Å². The molecule has 0 unspecified atom stereocenters. The Bertz CT molecular complexity index is 1690. The molecule has 0 aromatic heterocycles. The molecular weight excluding hydrogens is 572 g/mol. The smallest absolute Gasteiger partial charge is 0.335 e. The number of amides is 3. The van der Waals surface area contributed by atoms with Gasteiger partial charge in [0, 0.05) is 30.9 Å². The van der Waals surface area contributed by atoms with Gasteiger partial charge in [0.2, 0.25) is 0 Å². The summed E-state index contributed by atoms with van der Waals surface area (Å²) in [5, 5.41) is 26.9. The van der Waals surface area contributed by atoms with Crippen LogP contribution < -0.4 is 15.4 Å². The Hall–Kier alpha value is -4.93. The molecule has 0 aliphatic carbocycles. The Morgan fingerprint density at radius 1 is 0.978 bits per heavy atom. The zero-order chi connectivity index (χ0) is 32.1. The van der Waals surface area contributed by atoms with Crippen molar-refractivity contribution in [1.82, 2.24) is 9.80 Å². The number of carbonyl (C=O) groups excluding carboxylic acids is 2. The summed E-state index contributed by atoms with van der Waals surface area (Å²) >= 11 is 0. The lowest BCUT2D eigenvalue weighted by molar-refractivity contribution is 0.0343. The quantitative estimate of drug-likeness (QED) is 0.196. The number of urea groups is 1. The average Bonchev–Trinajstić information content (AvgIpc) is 3.03. The molecule has 4 aromatic rings. The number of likely N-dealkylation sites (N-methyl/N-ethyl adjacent to an activating group) is 1. The van der Waals surface area contributed by atoms with E-state index in [0.717, 1.165) is 16.3 Å².